The summed E-state index contributed by atoms with van der Waals surface area (Å²) in [7, 11) is 0. The number of carboxylic acids is 1. The standard InChI is InChI=1S/C14H13N3O4S/c1-2-5-17-13(15-16-14(17)22-7-12(18)19)9-3-4-10-11(6-9)21-8-20-10/h2-4,6H,1,5,7-8H2,(H,18,19). The highest BCUT2D eigenvalue weighted by Gasteiger charge is 2.18. The molecule has 2 heterocycles. The number of benzene rings is 1. The fraction of sp³-hybridized carbons (Fsp3) is 0.214. The molecular formula is C14H13N3O4S. The molecule has 0 saturated heterocycles. The molecule has 0 atom stereocenters. The van der Waals surface area contributed by atoms with Crippen LogP contribution in [0.1, 0.15) is 0 Å². The Hall–Kier alpha value is -2.48. The smallest absolute Gasteiger partial charge is 0.313 e. The molecule has 0 bridgehead atoms. The number of ether oxygens (including phenoxy) is 2. The molecule has 1 aliphatic heterocycles. The average molecular weight is 319 g/mol. The first-order chi connectivity index (χ1) is 10.7. The minimum atomic E-state index is -0.900. The molecule has 2 aromatic rings. The molecule has 22 heavy (non-hydrogen) atoms. The number of hydrogen-bond acceptors (Lipinski definition) is 6. The summed E-state index contributed by atoms with van der Waals surface area (Å²) in [5.41, 5.74) is 0.820. The van der Waals surface area contributed by atoms with Gasteiger partial charge in [-0.2, -0.15) is 0 Å². The molecule has 7 nitrogen and oxygen atoms in total. The molecule has 1 aliphatic rings. The van der Waals surface area contributed by atoms with E-state index < -0.39 is 5.97 Å². The largest absolute Gasteiger partial charge is 0.481 e. The molecule has 8 heteroatoms. The van der Waals surface area contributed by atoms with Gasteiger partial charge in [-0.1, -0.05) is 17.8 Å². The van der Waals surface area contributed by atoms with Crippen LogP contribution in [0.2, 0.25) is 0 Å². The maximum absolute atomic E-state index is 10.7. The molecule has 1 N–H and O–H groups in total. The van der Waals surface area contributed by atoms with Gasteiger partial charge in [-0.15, -0.1) is 16.8 Å². The second kappa shape index (κ2) is 6.10. The van der Waals surface area contributed by atoms with Crippen LogP contribution in [-0.2, 0) is 11.3 Å². The van der Waals surface area contributed by atoms with Crippen LogP contribution < -0.4 is 9.47 Å². The number of aliphatic carboxylic acids is 1. The SMILES string of the molecule is C=CCn1c(SCC(=O)O)nnc1-c1ccc2c(c1)OCO2. The van der Waals surface area contributed by atoms with Gasteiger partial charge in [-0.05, 0) is 18.2 Å². The highest BCUT2D eigenvalue weighted by molar-refractivity contribution is 7.99. The lowest BCUT2D eigenvalue weighted by Gasteiger charge is -2.07. The molecule has 0 saturated carbocycles. The van der Waals surface area contributed by atoms with E-state index >= 15 is 0 Å². The van der Waals surface area contributed by atoms with Crippen molar-refractivity contribution >= 4 is 17.7 Å². The van der Waals surface area contributed by atoms with Crippen LogP contribution in [0.5, 0.6) is 11.5 Å². The number of hydrogen-bond donors (Lipinski definition) is 1. The quantitative estimate of drug-likeness (QED) is 0.644. The van der Waals surface area contributed by atoms with E-state index in [0.717, 1.165) is 17.3 Å². The van der Waals surface area contributed by atoms with E-state index in [9.17, 15) is 4.79 Å². The first-order valence-electron chi connectivity index (χ1n) is 6.47. The number of carboxylic acid groups (broad SMARTS) is 1. The van der Waals surface area contributed by atoms with E-state index in [4.69, 9.17) is 14.6 Å². The monoisotopic (exact) mass is 319 g/mol. The zero-order valence-corrected chi connectivity index (χ0v) is 12.4. The van der Waals surface area contributed by atoms with Crippen LogP contribution in [-0.4, -0.2) is 38.4 Å². The number of fused-ring (bicyclic) bond motifs is 1. The van der Waals surface area contributed by atoms with Crippen molar-refractivity contribution in [1.29, 1.82) is 0 Å². The summed E-state index contributed by atoms with van der Waals surface area (Å²) < 4.78 is 12.5. The lowest BCUT2D eigenvalue weighted by molar-refractivity contribution is -0.133. The average Bonchev–Trinajstić information content (AvgIpc) is 3.11. The molecule has 0 aliphatic carbocycles. The minimum absolute atomic E-state index is 0.0730. The Kier molecular flexibility index (Phi) is 4.01. The Labute approximate surface area is 130 Å². The number of thioether (sulfide) groups is 1. The lowest BCUT2D eigenvalue weighted by Crippen LogP contribution is -2.03. The maximum atomic E-state index is 10.7. The first-order valence-corrected chi connectivity index (χ1v) is 7.46. The van der Waals surface area contributed by atoms with Gasteiger partial charge in [0.2, 0.25) is 6.79 Å². The van der Waals surface area contributed by atoms with E-state index in [1.807, 2.05) is 22.8 Å². The third-order valence-electron chi connectivity index (χ3n) is 2.98. The highest BCUT2D eigenvalue weighted by atomic mass is 32.2. The molecule has 0 fully saturated rings. The van der Waals surface area contributed by atoms with Crippen molar-refractivity contribution in [2.24, 2.45) is 0 Å². The Bertz CT molecular complexity index is 729. The van der Waals surface area contributed by atoms with E-state index in [2.05, 4.69) is 16.8 Å². The van der Waals surface area contributed by atoms with Gasteiger partial charge in [0.25, 0.3) is 0 Å². The first kappa shape index (κ1) is 14.5. The molecule has 0 spiro atoms. The third-order valence-corrected chi connectivity index (χ3v) is 3.94. The van der Waals surface area contributed by atoms with E-state index in [1.54, 1.807) is 6.08 Å². The summed E-state index contributed by atoms with van der Waals surface area (Å²) in [5, 5.41) is 17.6. The van der Waals surface area contributed by atoms with Crippen LogP contribution in [0.4, 0.5) is 0 Å². The van der Waals surface area contributed by atoms with Gasteiger partial charge < -0.3 is 14.6 Å². The maximum Gasteiger partial charge on any atom is 0.313 e. The summed E-state index contributed by atoms with van der Waals surface area (Å²) in [4.78, 5) is 10.7. The topological polar surface area (TPSA) is 86.5 Å². The van der Waals surface area contributed by atoms with Crippen LogP contribution in [0.25, 0.3) is 11.4 Å². The highest BCUT2D eigenvalue weighted by Crippen LogP contribution is 2.36. The Morgan fingerprint density at radius 2 is 2.23 bits per heavy atom. The molecule has 3 rings (SSSR count). The Morgan fingerprint density at radius 1 is 1.41 bits per heavy atom. The fourth-order valence-corrected chi connectivity index (χ4v) is 2.73. The molecule has 114 valence electrons. The van der Waals surface area contributed by atoms with Crippen LogP contribution in [0, 0.1) is 0 Å². The van der Waals surface area contributed by atoms with Crippen molar-refractivity contribution in [3.8, 4) is 22.9 Å². The number of aromatic nitrogens is 3. The van der Waals surface area contributed by atoms with Crippen molar-refractivity contribution in [3.05, 3.63) is 30.9 Å². The van der Waals surface area contributed by atoms with Gasteiger partial charge in [-0.25, -0.2) is 0 Å². The molecular weight excluding hydrogens is 306 g/mol. The van der Waals surface area contributed by atoms with Gasteiger partial charge >= 0.3 is 5.97 Å². The van der Waals surface area contributed by atoms with E-state index in [-0.39, 0.29) is 12.5 Å². The van der Waals surface area contributed by atoms with E-state index in [1.165, 1.54) is 0 Å². The Balaban J connectivity index is 1.95. The van der Waals surface area contributed by atoms with Gasteiger partial charge in [-0.3, -0.25) is 9.36 Å². The second-order valence-corrected chi connectivity index (χ2v) is 5.40. The molecule has 0 unspecified atom stereocenters. The van der Waals surface area contributed by atoms with Crippen LogP contribution in [0.3, 0.4) is 0 Å². The summed E-state index contributed by atoms with van der Waals surface area (Å²) in [6.07, 6.45) is 1.71. The third kappa shape index (κ3) is 2.77. The summed E-state index contributed by atoms with van der Waals surface area (Å²) in [6, 6.07) is 5.51. The van der Waals surface area contributed by atoms with Crippen LogP contribution >= 0.6 is 11.8 Å². The van der Waals surface area contributed by atoms with Gasteiger partial charge in [0.05, 0.1) is 5.75 Å². The zero-order chi connectivity index (χ0) is 15.5. The molecule has 0 amide bonds. The molecule has 0 radical (unpaired) electrons. The van der Waals surface area contributed by atoms with Crippen molar-refractivity contribution in [2.45, 2.75) is 11.7 Å². The zero-order valence-electron chi connectivity index (χ0n) is 11.6. The summed E-state index contributed by atoms with van der Waals surface area (Å²) >= 11 is 1.12. The van der Waals surface area contributed by atoms with E-state index in [0.29, 0.717) is 29.0 Å². The number of allylic oxidation sites excluding steroid dienone is 1. The van der Waals surface area contributed by atoms with Crippen molar-refractivity contribution in [1.82, 2.24) is 14.8 Å². The van der Waals surface area contributed by atoms with Crippen molar-refractivity contribution < 1.29 is 19.4 Å². The minimum Gasteiger partial charge on any atom is -0.481 e. The lowest BCUT2D eigenvalue weighted by atomic mass is 10.2. The molecule has 1 aromatic carbocycles. The van der Waals surface area contributed by atoms with Gasteiger partial charge in [0.1, 0.15) is 0 Å². The second-order valence-electron chi connectivity index (χ2n) is 4.46. The summed E-state index contributed by atoms with van der Waals surface area (Å²) in [6.45, 7) is 4.41. The number of nitrogens with zero attached hydrogens (tertiary/aromatic N) is 3. The van der Waals surface area contributed by atoms with Crippen LogP contribution in [0.15, 0.2) is 36.0 Å². The van der Waals surface area contributed by atoms with Crippen molar-refractivity contribution in [3.63, 3.8) is 0 Å². The number of carbonyl (C=O) groups is 1. The normalized spacial score (nSPS) is 12.4. The predicted molar refractivity (Wildman–Crippen MR) is 80.1 cm³/mol. The van der Waals surface area contributed by atoms with Gasteiger partial charge in [0.15, 0.2) is 22.5 Å². The van der Waals surface area contributed by atoms with Crippen molar-refractivity contribution in [2.75, 3.05) is 12.5 Å². The van der Waals surface area contributed by atoms with Gasteiger partial charge in [0, 0.05) is 12.1 Å². The summed E-state index contributed by atoms with van der Waals surface area (Å²) in [5.74, 6) is 1.01. The predicted octanol–water partition coefficient (Wildman–Crippen LogP) is 2.04. The molecule has 1 aromatic heterocycles. The Morgan fingerprint density at radius 3 is 3.00 bits per heavy atom. The number of rotatable bonds is 6. The fourth-order valence-electron chi connectivity index (χ4n) is 2.06.